The number of aliphatic carboxylic acids is 1. The number of anilines is 2. The first-order valence-corrected chi connectivity index (χ1v) is 12.0. The molecule has 0 saturated heterocycles. The van der Waals surface area contributed by atoms with Crippen molar-refractivity contribution in [1.29, 1.82) is 0 Å². The van der Waals surface area contributed by atoms with E-state index in [1.807, 2.05) is 0 Å². The number of hydrogen-bond donors (Lipinski definition) is 2. The summed E-state index contributed by atoms with van der Waals surface area (Å²) in [5.41, 5.74) is 0.223. The zero-order chi connectivity index (χ0) is 21.9. The molecule has 1 aromatic heterocycles. The summed E-state index contributed by atoms with van der Waals surface area (Å²) in [6.07, 6.45) is 5.82. The minimum Gasteiger partial charge on any atom is -0.480 e. The van der Waals surface area contributed by atoms with Crippen molar-refractivity contribution in [3.63, 3.8) is 0 Å². The average Bonchev–Trinajstić information content (AvgIpc) is 3.32. The van der Waals surface area contributed by atoms with Crippen LogP contribution in [0.5, 0.6) is 0 Å². The van der Waals surface area contributed by atoms with Crippen LogP contribution in [-0.4, -0.2) is 33.4 Å². The molecule has 2 N–H and O–H groups in total. The van der Waals surface area contributed by atoms with E-state index < -0.39 is 22.6 Å². The quantitative estimate of drug-likeness (QED) is 0.427. The number of carbonyl (C=O) groups excluding carboxylic acids is 1. The minimum absolute atomic E-state index is 0.223. The second-order valence-corrected chi connectivity index (χ2v) is 11.6. The number of carboxylic acid groups (broad SMARTS) is 1. The molecular weight excluding hydrogens is 493 g/mol. The Labute approximate surface area is 191 Å². The summed E-state index contributed by atoms with van der Waals surface area (Å²) in [6, 6.07) is 4.19. The van der Waals surface area contributed by atoms with E-state index in [0.717, 1.165) is 37.4 Å². The zero-order valence-electron chi connectivity index (χ0n) is 16.7. The predicted molar refractivity (Wildman–Crippen MR) is 122 cm³/mol. The van der Waals surface area contributed by atoms with Crippen LogP contribution >= 0.6 is 39.0 Å². The van der Waals surface area contributed by atoms with Gasteiger partial charge in [0.25, 0.3) is 0 Å². The summed E-state index contributed by atoms with van der Waals surface area (Å²) < 4.78 is 14.9. The average molecular weight is 516 g/mol. The molecule has 0 bridgehead atoms. The molecule has 1 aliphatic carbocycles. The Kier molecular flexibility index (Phi) is 7.41. The number of benzene rings is 1. The van der Waals surface area contributed by atoms with Crippen molar-refractivity contribution < 1.29 is 19.1 Å². The minimum atomic E-state index is -1.01. The Hall–Kier alpha value is -1.65. The van der Waals surface area contributed by atoms with Gasteiger partial charge in [0.1, 0.15) is 10.6 Å². The zero-order valence-corrected chi connectivity index (χ0v) is 19.9. The van der Waals surface area contributed by atoms with Crippen molar-refractivity contribution in [2.75, 3.05) is 16.8 Å². The van der Waals surface area contributed by atoms with E-state index in [-0.39, 0.29) is 5.69 Å². The number of nitrogens with one attached hydrogen (secondary N) is 1. The molecule has 0 atom stereocenters. The predicted octanol–water partition coefficient (Wildman–Crippen LogP) is 6.23. The van der Waals surface area contributed by atoms with Crippen LogP contribution in [0.1, 0.15) is 39.5 Å². The molecule has 2 amide bonds. The van der Waals surface area contributed by atoms with Gasteiger partial charge in [-0.1, -0.05) is 51.9 Å². The number of amides is 2. The molecule has 30 heavy (non-hydrogen) atoms. The van der Waals surface area contributed by atoms with Crippen molar-refractivity contribution in [1.82, 2.24) is 4.98 Å². The SMILES string of the molecule is CC(C)(Sc1cnc(NC(=O)N(CC2CCCC2)c2ccc(Br)cc2F)s1)C(=O)O. The van der Waals surface area contributed by atoms with Gasteiger partial charge in [-0.25, -0.2) is 14.2 Å². The van der Waals surface area contributed by atoms with E-state index >= 15 is 0 Å². The summed E-state index contributed by atoms with van der Waals surface area (Å²) in [4.78, 5) is 30.0. The first kappa shape index (κ1) is 23.0. The highest BCUT2D eigenvalue weighted by Gasteiger charge is 2.30. The van der Waals surface area contributed by atoms with Gasteiger partial charge in [-0.3, -0.25) is 15.0 Å². The van der Waals surface area contributed by atoms with Gasteiger partial charge in [0.15, 0.2) is 5.13 Å². The van der Waals surface area contributed by atoms with Crippen molar-refractivity contribution in [3.8, 4) is 0 Å². The third-order valence-electron chi connectivity index (χ3n) is 4.93. The number of urea groups is 1. The number of hydrogen-bond acceptors (Lipinski definition) is 5. The van der Waals surface area contributed by atoms with Crippen molar-refractivity contribution in [3.05, 3.63) is 34.7 Å². The van der Waals surface area contributed by atoms with Crippen LogP contribution in [0.4, 0.5) is 20.0 Å². The molecule has 0 radical (unpaired) electrons. The number of carbonyl (C=O) groups is 2. The summed E-state index contributed by atoms with van der Waals surface area (Å²) in [7, 11) is 0. The molecular formula is C20H23BrFN3O3S2. The number of rotatable bonds is 7. The largest absolute Gasteiger partial charge is 0.480 e. The molecule has 0 unspecified atom stereocenters. The smallest absolute Gasteiger partial charge is 0.328 e. The number of nitrogens with zero attached hydrogens (tertiary/aromatic N) is 2. The van der Waals surface area contributed by atoms with Crippen LogP contribution in [-0.2, 0) is 4.79 Å². The van der Waals surface area contributed by atoms with E-state index in [9.17, 15) is 19.1 Å². The monoisotopic (exact) mass is 515 g/mol. The molecule has 1 aliphatic rings. The molecule has 1 aromatic carbocycles. The summed E-state index contributed by atoms with van der Waals surface area (Å²) in [6.45, 7) is 3.65. The number of thioether (sulfide) groups is 1. The lowest BCUT2D eigenvalue weighted by molar-refractivity contribution is -0.138. The van der Waals surface area contributed by atoms with Gasteiger partial charge >= 0.3 is 12.0 Å². The fourth-order valence-corrected chi connectivity index (χ4v) is 5.86. The van der Waals surface area contributed by atoms with Gasteiger partial charge in [-0.2, -0.15) is 0 Å². The summed E-state index contributed by atoms with van der Waals surface area (Å²) in [5, 5.41) is 12.4. The number of aromatic nitrogens is 1. The fraction of sp³-hybridized carbons (Fsp3) is 0.450. The van der Waals surface area contributed by atoms with E-state index in [1.54, 1.807) is 26.0 Å². The standard InChI is InChI=1S/C20H23BrFN3O3S2/c1-20(2,17(26)27)30-16-10-23-18(29-16)24-19(28)25(11-12-5-3-4-6-12)15-8-7-13(21)9-14(15)22/h7-10,12H,3-6,11H2,1-2H3,(H,26,27)(H,23,24,28). The first-order valence-electron chi connectivity index (χ1n) is 9.57. The van der Waals surface area contributed by atoms with Crippen LogP contribution in [0.15, 0.2) is 33.1 Å². The fourth-order valence-electron chi connectivity index (χ4n) is 3.26. The topological polar surface area (TPSA) is 82.5 Å². The number of halogens is 2. The Morgan fingerprint density at radius 3 is 2.73 bits per heavy atom. The van der Waals surface area contributed by atoms with Crippen LogP contribution in [0.25, 0.3) is 0 Å². The second kappa shape index (κ2) is 9.65. The van der Waals surface area contributed by atoms with Crippen LogP contribution in [0, 0.1) is 11.7 Å². The van der Waals surface area contributed by atoms with Gasteiger partial charge in [0, 0.05) is 11.0 Å². The molecule has 0 spiro atoms. The maximum atomic E-state index is 14.6. The highest BCUT2D eigenvalue weighted by atomic mass is 79.9. The van der Waals surface area contributed by atoms with Crippen LogP contribution < -0.4 is 10.2 Å². The highest BCUT2D eigenvalue weighted by Crippen LogP contribution is 2.38. The maximum Gasteiger partial charge on any atom is 0.328 e. The number of carboxylic acids is 1. The highest BCUT2D eigenvalue weighted by molar-refractivity contribution is 9.10. The molecule has 162 valence electrons. The lowest BCUT2D eigenvalue weighted by Gasteiger charge is -2.26. The molecule has 1 fully saturated rings. The molecule has 1 heterocycles. The normalized spacial score (nSPS) is 14.7. The van der Waals surface area contributed by atoms with Gasteiger partial charge in [-0.05, 0) is 50.8 Å². The van der Waals surface area contributed by atoms with Gasteiger partial charge in [0.2, 0.25) is 0 Å². The molecule has 2 aromatic rings. The van der Waals surface area contributed by atoms with Crippen LogP contribution in [0.3, 0.4) is 0 Å². The third-order valence-corrected chi connectivity index (χ3v) is 7.62. The van der Waals surface area contributed by atoms with Crippen molar-refractivity contribution in [2.24, 2.45) is 5.92 Å². The van der Waals surface area contributed by atoms with E-state index in [2.05, 4.69) is 26.2 Å². The Balaban J connectivity index is 1.77. The lowest BCUT2D eigenvalue weighted by Crippen LogP contribution is -2.38. The summed E-state index contributed by atoms with van der Waals surface area (Å²) >= 11 is 5.61. The third kappa shape index (κ3) is 5.73. The van der Waals surface area contributed by atoms with Gasteiger partial charge < -0.3 is 5.11 Å². The Bertz CT molecular complexity index is 932. The van der Waals surface area contributed by atoms with Crippen LogP contribution in [0.2, 0.25) is 0 Å². The van der Waals surface area contributed by atoms with Gasteiger partial charge in [0.05, 0.1) is 16.1 Å². The van der Waals surface area contributed by atoms with Crippen molar-refractivity contribution in [2.45, 2.75) is 48.5 Å². The van der Waals surface area contributed by atoms with E-state index in [4.69, 9.17) is 0 Å². The molecule has 0 aliphatic heterocycles. The maximum absolute atomic E-state index is 14.6. The Morgan fingerprint density at radius 2 is 2.10 bits per heavy atom. The molecule has 6 nitrogen and oxygen atoms in total. The van der Waals surface area contributed by atoms with E-state index in [1.165, 1.54) is 28.5 Å². The Morgan fingerprint density at radius 1 is 1.40 bits per heavy atom. The van der Waals surface area contributed by atoms with Crippen molar-refractivity contribution >= 4 is 61.8 Å². The lowest BCUT2D eigenvalue weighted by atomic mass is 10.1. The molecule has 3 rings (SSSR count). The molecule has 10 heteroatoms. The first-order chi connectivity index (χ1) is 14.2. The van der Waals surface area contributed by atoms with Gasteiger partial charge in [-0.15, -0.1) is 0 Å². The molecule has 1 saturated carbocycles. The second-order valence-electron chi connectivity index (χ2n) is 7.69. The van der Waals surface area contributed by atoms with E-state index in [0.29, 0.717) is 26.3 Å². The number of thiazole rings is 1. The summed E-state index contributed by atoms with van der Waals surface area (Å²) in [5.74, 6) is -1.08.